The van der Waals surface area contributed by atoms with Gasteiger partial charge < -0.3 is 14.8 Å². The van der Waals surface area contributed by atoms with Gasteiger partial charge in [-0.15, -0.1) is 0 Å². The highest BCUT2D eigenvalue weighted by atomic mass is 16.5. The van der Waals surface area contributed by atoms with Crippen LogP contribution in [0, 0.1) is 0 Å². The van der Waals surface area contributed by atoms with Crippen LogP contribution in [0.5, 0.6) is 11.5 Å². The average molecular weight is 303 g/mol. The van der Waals surface area contributed by atoms with Gasteiger partial charge in [-0.1, -0.05) is 0 Å². The van der Waals surface area contributed by atoms with Crippen LogP contribution in [0.3, 0.4) is 0 Å². The minimum absolute atomic E-state index is 0.0167. The maximum atomic E-state index is 11.2. The second kappa shape index (κ2) is 6.25. The van der Waals surface area contributed by atoms with Crippen molar-refractivity contribution in [3.05, 3.63) is 18.3 Å². The molecule has 0 bridgehead atoms. The molecule has 1 aromatic carbocycles. The van der Waals surface area contributed by atoms with E-state index in [4.69, 9.17) is 9.47 Å². The number of H-pyrrole nitrogens is 1. The second-order valence-corrected chi connectivity index (χ2v) is 5.73. The first-order valence-electron chi connectivity index (χ1n) is 7.61. The maximum absolute atomic E-state index is 11.2. The van der Waals surface area contributed by atoms with E-state index in [1.165, 1.54) is 0 Å². The summed E-state index contributed by atoms with van der Waals surface area (Å²) in [5, 5.41) is 10.9. The summed E-state index contributed by atoms with van der Waals surface area (Å²) in [4.78, 5) is 11.2. The molecule has 1 aliphatic rings. The van der Waals surface area contributed by atoms with E-state index >= 15 is 0 Å². The Labute approximate surface area is 129 Å². The highest BCUT2D eigenvalue weighted by Gasteiger charge is 2.25. The monoisotopic (exact) mass is 303 g/mol. The Kier molecular flexibility index (Phi) is 4.18. The first-order valence-corrected chi connectivity index (χ1v) is 7.61. The smallest absolute Gasteiger partial charge is 0.217 e. The molecule has 0 radical (unpaired) electrons. The number of benzene rings is 1. The Morgan fingerprint density at radius 2 is 2.27 bits per heavy atom. The number of rotatable bonds is 4. The zero-order chi connectivity index (χ0) is 15.5. The predicted octanol–water partition coefficient (Wildman–Crippen LogP) is 2.40. The zero-order valence-electron chi connectivity index (χ0n) is 12.9. The third-order valence-corrected chi connectivity index (χ3v) is 4.07. The van der Waals surface area contributed by atoms with Gasteiger partial charge in [0.25, 0.3) is 0 Å². The van der Waals surface area contributed by atoms with Gasteiger partial charge in [0.2, 0.25) is 5.91 Å². The lowest BCUT2D eigenvalue weighted by Gasteiger charge is -2.30. The molecule has 1 aliphatic carbocycles. The number of amides is 1. The number of ether oxygens (including phenoxy) is 2. The SMILES string of the molecule is COc1c(O[C@H]2CCC[C@@H](NC(C)=O)C2)ccc2[nH]ncc12. The van der Waals surface area contributed by atoms with E-state index in [1.807, 2.05) is 12.1 Å². The maximum Gasteiger partial charge on any atom is 0.217 e. The summed E-state index contributed by atoms with van der Waals surface area (Å²) < 4.78 is 11.6. The van der Waals surface area contributed by atoms with Crippen LogP contribution in [-0.2, 0) is 4.79 Å². The number of nitrogens with one attached hydrogen (secondary N) is 2. The van der Waals surface area contributed by atoms with Gasteiger partial charge in [-0.2, -0.15) is 5.10 Å². The van der Waals surface area contributed by atoms with Crippen molar-refractivity contribution in [2.24, 2.45) is 0 Å². The van der Waals surface area contributed by atoms with Crippen LogP contribution in [0.4, 0.5) is 0 Å². The van der Waals surface area contributed by atoms with Crippen LogP contribution in [0.15, 0.2) is 18.3 Å². The molecule has 1 aromatic heterocycles. The Bertz CT molecular complexity index is 668. The molecular formula is C16H21N3O3. The van der Waals surface area contributed by atoms with Crippen LogP contribution in [0.1, 0.15) is 32.6 Å². The number of hydrogen-bond acceptors (Lipinski definition) is 4. The predicted molar refractivity (Wildman–Crippen MR) is 83.1 cm³/mol. The second-order valence-electron chi connectivity index (χ2n) is 5.73. The number of fused-ring (bicyclic) bond motifs is 1. The van der Waals surface area contributed by atoms with Gasteiger partial charge in [0, 0.05) is 19.4 Å². The van der Waals surface area contributed by atoms with E-state index in [2.05, 4.69) is 15.5 Å². The van der Waals surface area contributed by atoms with Crippen LogP contribution in [0.25, 0.3) is 10.9 Å². The van der Waals surface area contributed by atoms with E-state index < -0.39 is 0 Å². The van der Waals surface area contributed by atoms with Gasteiger partial charge in [0.15, 0.2) is 11.5 Å². The minimum atomic E-state index is 0.0167. The summed E-state index contributed by atoms with van der Waals surface area (Å²) in [7, 11) is 1.63. The van der Waals surface area contributed by atoms with E-state index in [-0.39, 0.29) is 18.1 Å². The minimum Gasteiger partial charge on any atom is -0.492 e. The molecule has 2 aromatic rings. The summed E-state index contributed by atoms with van der Waals surface area (Å²) in [6.07, 6.45) is 5.70. The zero-order valence-corrected chi connectivity index (χ0v) is 12.9. The Hall–Kier alpha value is -2.24. The summed E-state index contributed by atoms with van der Waals surface area (Å²) in [5.74, 6) is 1.45. The van der Waals surface area contributed by atoms with Crippen molar-refractivity contribution >= 4 is 16.8 Å². The van der Waals surface area contributed by atoms with Crippen molar-refractivity contribution in [1.29, 1.82) is 0 Å². The molecule has 1 fully saturated rings. The van der Waals surface area contributed by atoms with Gasteiger partial charge in [-0.05, 0) is 31.4 Å². The molecule has 0 aliphatic heterocycles. The lowest BCUT2D eigenvalue weighted by atomic mass is 9.92. The molecule has 2 N–H and O–H groups in total. The number of methoxy groups -OCH3 is 1. The number of hydrogen-bond donors (Lipinski definition) is 2. The van der Waals surface area contributed by atoms with Crippen LogP contribution >= 0.6 is 0 Å². The highest BCUT2D eigenvalue weighted by Crippen LogP contribution is 2.36. The topological polar surface area (TPSA) is 76.2 Å². The van der Waals surface area contributed by atoms with Crippen molar-refractivity contribution in [3.63, 3.8) is 0 Å². The number of carbonyl (C=O) groups is 1. The van der Waals surface area contributed by atoms with Crippen molar-refractivity contribution in [2.45, 2.75) is 44.8 Å². The van der Waals surface area contributed by atoms with Crippen molar-refractivity contribution < 1.29 is 14.3 Å². The molecule has 22 heavy (non-hydrogen) atoms. The average Bonchev–Trinajstić information content (AvgIpc) is 2.95. The quantitative estimate of drug-likeness (QED) is 0.909. The molecule has 6 heteroatoms. The number of aromatic amines is 1. The fourth-order valence-electron chi connectivity index (χ4n) is 3.13. The molecule has 6 nitrogen and oxygen atoms in total. The molecule has 1 amide bonds. The van der Waals surface area contributed by atoms with E-state index in [0.717, 1.165) is 42.3 Å². The van der Waals surface area contributed by atoms with Gasteiger partial charge in [0.05, 0.1) is 24.2 Å². The van der Waals surface area contributed by atoms with Crippen LogP contribution in [0.2, 0.25) is 0 Å². The molecule has 3 rings (SSSR count). The van der Waals surface area contributed by atoms with Crippen molar-refractivity contribution in [1.82, 2.24) is 15.5 Å². The fraction of sp³-hybridized carbons (Fsp3) is 0.500. The molecule has 0 unspecified atom stereocenters. The van der Waals surface area contributed by atoms with Gasteiger partial charge in [-0.3, -0.25) is 9.89 Å². The lowest BCUT2D eigenvalue weighted by molar-refractivity contribution is -0.120. The van der Waals surface area contributed by atoms with Gasteiger partial charge >= 0.3 is 0 Å². The largest absolute Gasteiger partial charge is 0.492 e. The first kappa shape index (κ1) is 14.7. The molecule has 1 heterocycles. The Morgan fingerprint density at radius 1 is 1.41 bits per heavy atom. The number of aromatic nitrogens is 2. The Morgan fingerprint density at radius 3 is 3.05 bits per heavy atom. The third-order valence-electron chi connectivity index (χ3n) is 4.07. The summed E-state index contributed by atoms with van der Waals surface area (Å²) in [5.41, 5.74) is 0.920. The normalized spacial score (nSPS) is 21.5. The van der Waals surface area contributed by atoms with Gasteiger partial charge in [0.1, 0.15) is 6.10 Å². The molecular weight excluding hydrogens is 282 g/mol. The summed E-state index contributed by atoms with van der Waals surface area (Å²) in [6, 6.07) is 4.04. The van der Waals surface area contributed by atoms with Crippen LogP contribution in [-0.4, -0.2) is 35.4 Å². The molecule has 0 spiro atoms. The fourth-order valence-corrected chi connectivity index (χ4v) is 3.13. The number of carbonyl (C=O) groups excluding carboxylic acids is 1. The van der Waals surface area contributed by atoms with Crippen molar-refractivity contribution in [2.75, 3.05) is 7.11 Å². The standard InChI is InChI=1S/C16H21N3O3/c1-10(20)18-11-4-3-5-12(8-11)22-15-7-6-14-13(9-17-19-14)16(15)21-2/h6-7,9,11-12H,3-5,8H2,1-2H3,(H,17,19)(H,18,20)/t11-,12+/m1/s1. The highest BCUT2D eigenvalue weighted by molar-refractivity contribution is 5.87. The third kappa shape index (κ3) is 3.00. The molecule has 118 valence electrons. The van der Waals surface area contributed by atoms with E-state index in [9.17, 15) is 4.79 Å². The van der Waals surface area contributed by atoms with Gasteiger partial charge in [-0.25, -0.2) is 0 Å². The summed E-state index contributed by atoms with van der Waals surface area (Å²) in [6.45, 7) is 1.56. The molecule has 1 saturated carbocycles. The summed E-state index contributed by atoms with van der Waals surface area (Å²) >= 11 is 0. The molecule has 2 atom stereocenters. The van der Waals surface area contributed by atoms with E-state index in [1.54, 1.807) is 20.2 Å². The lowest BCUT2D eigenvalue weighted by Crippen LogP contribution is -2.40. The first-order chi connectivity index (χ1) is 10.7. The Balaban J connectivity index is 1.76. The molecule has 0 saturated heterocycles. The van der Waals surface area contributed by atoms with Crippen LogP contribution < -0.4 is 14.8 Å². The van der Waals surface area contributed by atoms with E-state index in [0.29, 0.717) is 5.75 Å². The number of nitrogens with zero attached hydrogens (tertiary/aromatic N) is 1. The van der Waals surface area contributed by atoms with Crippen molar-refractivity contribution in [3.8, 4) is 11.5 Å².